The van der Waals surface area contributed by atoms with E-state index in [0.717, 1.165) is 50.8 Å². The van der Waals surface area contributed by atoms with Crippen molar-refractivity contribution in [2.45, 2.75) is 32.2 Å². The minimum absolute atomic E-state index is 0.145. The van der Waals surface area contributed by atoms with Crippen LogP contribution in [-0.2, 0) is 4.74 Å². The van der Waals surface area contributed by atoms with Crippen molar-refractivity contribution in [3.63, 3.8) is 0 Å². The summed E-state index contributed by atoms with van der Waals surface area (Å²) in [5, 5.41) is 0. The number of carbonyl (C=O) groups excluding carboxylic acids is 1. The molecule has 30 heavy (non-hydrogen) atoms. The highest BCUT2D eigenvalue weighted by atomic mass is 16.6. The number of anilines is 1. The molecule has 160 valence electrons. The van der Waals surface area contributed by atoms with Crippen molar-refractivity contribution < 1.29 is 9.53 Å². The lowest BCUT2D eigenvalue weighted by atomic mass is 9.78. The normalized spacial score (nSPS) is 23.6. The quantitative estimate of drug-likeness (QED) is 0.840. The summed E-state index contributed by atoms with van der Waals surface area (Å²) in [5.41, 5.74) is 2.62. The van der Waals surface area contributed by atoms with Gasteiger partial charge in [-0.15, -0.1) is 0 Å². The van der Waals surface area contributed by atoms with Crippen molar-refractivity contribution in [3.8, 4) is 11.3 Å². The lowest BCUT2D eigenvalue weighted by Gasteiger charge is -2.48. The largest absolute Gasteiger partial charge is 0.450 e. The molecule has 2 aliphatic heterocycles. The Kier molecular flexibility index (Phi) is 5.15. The van der Waals surface area contributed by atoms with E-state index in [1.54, 1.807) is 0 Å². The van der Waals surface area contributed by atoms with E-state index in [9.17, 15) is 4.79 Å². The van der Waals surface area contributed by atoms with Gasteiger partial charge in [-0.1, -0.05) is 0 Å². The first kappa shape index (κ1) is 19.4. The number of piperazine rings is 1. The van der Waals surface area contributed by atoms with Crippen molar-refractivity contribution in [1.29, 1.82) is 0 Å². The summed E-state index contributed by atoms with van der Waals surface area (Å²) in [6, 6.07) is 8.93. The zero-order chi connectivity index (χ0) is 20.6. The van der Waals surface area contributed by atoms with Crippen LogP contribution in [0, 0.1) is 5.41 Å². The molecule has 7 heteroatoms. The molecule has 1 spiro atoms. The Morgan fingerprint density at radius 2 is 2.07 bits per heavy atom. The Labute approximate surface area is 178 Å². The van der Waals surface area contributed by atoms with Crippen LogP contribution in [0.25, 0.3) is 11.3 Å². The van der Waals surface area contributed by atoms with E-state index < -0.39 is 0 Å². The first-order chi connectivity index (χ1) is 14.7. The molecule has 2 aromatic heterocycles. The number of aromatic nitrogens is 2. The number of hydrogen-bond donors (Lipinski definition) is 1. The number of rotatable bonds is 4. The highest BCUT2D eigenvalue weighted by Crippen LogP contribution is 2.47. The van der Waals surface area contributed by atoms with Gasteiger partial charge < -0.3 is 19.5 Å². The van der Waals surface area contributed by atoms with Crippen molar-refractivity contribution in [2.75, 3.05) is 50.8 Å². The molecule has 0 bridgehead atoms. The summed E-state index contributed by atoms with van der Waals surface area (Å²) < 4.78 is 5.14. The maximum atomic E-state index is 11.9. The number of pyridine rings is 1. The van der Waals surface area contributed by atoms with Crippen molar-refractivity contribution in [3.05, 3.63) is 36.7 Å². The first-order valence-electron chi connectivity index (χ1n) is 11.2. The van der Waals surface area contributed by atoms with Gasteiger partial charge in [-0.2, -0.15) is 0 Å². The Morgan fingerprint density at radius 1 is 1.23 bits per heavy atom. The van der Waals surface area contributed by atoms with Gasteiger partial charge in [-0.3, -0.25) is 4.90 Å². The summed E-state index contributed by atoms with van der Waals surface area (Å²) in [6.45, 7) is 8.21. The first-order valence-corrected chi connectivity index (χ1v) is 11.2. The topological polar surface area (TPSA) is 64.7 Å². The number of carbonyl (C=O) groups is 1. The highest BCUT2D eigenvalue weighted by Gasteiger charge is 2.51. The van der Waals surface area contributed by atoms with Crippen LogP contribution < -0.4 is 4.90 Å². The van der Waals surface area contributed by atoms with E-state index in [-0.39, 0.29) is 6.09 Å². The van der Waals surface area contributed by atoms with Gasteiger partial charge in [0.25, 0.3) is 0 Å². The lowest BCUT2D eigenvalue weighted by molar-refractivity contribution is -0.00294. The molecule has 0 radical (unpaired) electrons. The average Bonchev–Trinajstić information content (AvgIpc) is 3.43. The fourth-order valence-electron chi connectivity index (χ4n) is 5.54. The molecule has 1 unspecified atom stereocenters. The average molecular weight is 410 g/mol. The Balaban J connectivity index is 1.17. The van der Waals surface area contributed by atoms with E-state index >= 15 is 0 Å². The number of H-pyrrole nitrogens is 1. The van der Waals surface area contributed by atoms with Crippen LogP contribution in [0.4, 0.5) is 10.6 Å². The van der Waals surface area contributed by atoms with Gasteiger partial charge in [-0.05, 0) is 50.5 Å². The maximum absolute atomic E-state index is 11.9. The predicted octanol–water partition coefficient (Wildman–Crippen LogP) is 3.21. The van der Waals surface area contributed by atoms with Crippen LogP contribution in [0.3, 0.4) is 0 Å². The number of nitrogens with zero attached hydrogens (tertiary/aromatic N) is 4. The number of likely N-dealkylation sites (tertiary alicyclic amines) is 1. The standard InChI is InChI=1S/C23H31N5O2/c1-2-30-22(29)28-16-23(17-28)8-7-18(15-23)26-11-13-27(14-12-26)21-19(5-3-10-25-21)20-6-4-9-24-20/h3-6,9-10,18,24H,2,7-8,11-17H2,1H3. The molecule has 3 aliphatic rings. The fourth-order valence-corrected chi connectivity index (χ4v) is 5.54. The molecule has 2 aromatic rings. The number of hydrogen-bond acceptors (Lipinski definition) is 5. The van der Waals surface area contributed by atoms with E-state index in [1.165, 1.54) is 24.8 Å². The van der Waals surface area contributed by atoms with E-state index in [0.29, 0.717) is 18.1 Å². The van der Waals surface area contributed by atoms with Crippen LogP contribution in [0.15, 0.2) is 36.7 Å². The second-order valence-electron chi connectivity index (χ2n) is 8.93. The third kappa shape index (κ3) is 3.55. The summed E-state index contributed by atoms with van der Waals surface area (Å²) in [4.78, 5) is 26.9. The number of ether oxygens (including phenoxy) is 1. The molecule has 1 amide bonds. The van der Waals surface area contributed by atoms with Gasteiger partial charge in [0.1, 0.15) is 5.82 Å². The SMILES string of the molecule is CCOC(=O)N1CC2(CCC(N3CCN(c4ncccc4-c4ccc[nH]4)CC3)C2)C1. The van der Waals surface area contributed by atoms with Crippen LogP contribution in [0.5, 0.6) is 0 Å². The second-order valence-corrected chi connectivity index (χ2v) is 8.93. The molecule has 0 aromatic carbocycles. The molecule has 1 saturated carbocycles. The van der Waals surface area contributed by atoms with Gasteiger partial charge in [0, 0.05) is 74.4 Å². The molecule has 5 rings (SSSR count). The van der Waals surface area contributed by atoms with Crippen LogP contribution in [0.2, 0.25) is 0 Å². The highest BCUT2D eigenvalue weighted by molar-refractivity contribution is 5.73. The molecule has 1 atom stereocenters. The summed E-state index contributed by atoms with van der Waals surface area (Å²) in [6.07, 6.45) is 7.39. The van der Waals surface area contributed by atoms with E-state index in [2.05, 4.69) is 26.9 Å². The monoisotopic (exact) mass is 409 g/mol. The van der Waals surface area contributed by atoms with E-state index in [1.807, 2.05) is 36.4 Å². The van der Waals surface area contributed by atoms with Gasteiger partial charge in [0.15, 0.2) is 0 Å². The zero-order valence-electron chi connectivity index (χ0n) is 17.7. The third-order valence-electron chi connectivity index (χ3n) is 7.06. The smallest absolute Gasteiger partial charge is 0.409 e. The fraction of sp³-hybridized carbons (Fsp3) is 0.565. The lowest BCUT2D eigenvalue weighted by Crippen LogP contribution is -2.58. The van der Waals surface area contributed by atoms with Gasteiger partial charge in [0.05, 0.1) is 6.61 Å². The predicted molar refractivity (Wildman–Crippen MR) is 116 cm³/mol. The van der Waals surface area contributed by atoms with Gasteiger partial charge in [0.2, 0.25) is 0 Å². The second kappa shape index (κ2) is 7.95. The van der Waals surface area contributed by atoms with Crippen LogP contribution in [0.1, 0.15) is 26.2 Å². The minimum atomic E-state index is -0.145. The molecule has 4 heterocycles. The summed E-state index contributed by atoms with van der Waals surface area (Å²) in [5.74, 6) is 1.08. The van der Waals surface area contributed by atoms with E-state index in [4.69, 9.17) is 9.72 Å². The molecular weight excluding hydrogens is 378 g/mol. The summed E-state index contributed by atoms with van der Waals surface area (Å²) in [7, 11) is 0. The minimum Gasteiger partial charge on any atom is -0.450 e. The number of amides is 1. The maximum Gasteiger partial charge on any atom is 0.409 e. The Morgan fingerprint density at radius 3 is 2.80 bits per heavy atom. The van der Waals surface area contributed by atoms with Crippen molar-refractivity contribution in [1.82, 2.24) is 19.8 Å². The molecule has 1 N–H and O–H groups in total. The Hall–Kier alpha value is -2.54. The number of aromatic amines is 1. The number of nitrogens with one attached hydrogen (secondary N) is 1. The molecule has 2 saturated heterocycles. The van der Waals surface area contributed by atoms with Gasteiger partial charge >= 0.3 is 6.09 Å². The van der Waals surface area contributed by atoms with Crippen LogP contribution >= 0.6 is 0 Å². The molecule has 1 aliphatic carbocycles. The Bertz CT molecular complexity index is 869. The van der Waals surface area contributed by atoms with Crippen LogP contribution in [-0.4, -0.2) is 77.8 Å². The van der Waals surface area contributed by atoms with Gasteiger partial charge in [-0.25, -0.2) is 9.78 Å². The third-order valence-corrected chi connectivity index (χ3v) is 7.06. The van der Waals surface area contributed by atoms with Crippen molar-refractivity contribution in [2.24, 2.45) is 5.41 Å². The molecule has 3 fully saturated rings. The molecule has 7 nitrogen and oxygen atoms in total. The van der Waals surface area contributed by atoms with Crippen molar-refractivity contribution >= 4 is 11.9 Å². The summed E-state index contributed by atoms with van der Waals surface area (Å²) >= 11 is 0. The molecular formula is C23H31N5O2. The zero-order valence-corrected chi connectivity index (χ0v) is 17.7.